The normalized spacial score (nSPS) is 17.2. The van der Waals surface area contributed by atoms with Crippen molar-refractivity contribution in [1.82, 2.24) is 9.80 Å². The minimum Gasteiger partial charge on any atom is -0.537 e. The van der Waals surface area contributed by atoms with Gasteiger partial charge in [-0.05, 0) is 84.9 Å². The lowest BCUT2D eigenvalue weighted by Gasteiger charge is -2.36. The summed E-state index contributed by atoms with van der Waals surface area (Å²) in [5, 5.41) is 0.789. The Morgan fingerprint density at radius 2 is 1.45 bits per heavy atom. The second-order valence-corrected chi connectivity index (χ2v) is 16.3. The summed E-state index contributed by atoms with van der Waals surface area (Å²) in [6, 6.07) is 25.1. The summed E-state index contributed by atoms with van der Waals surface area (Å²) in [4.78, 5) is 37.5. The SMILES string of the molecule is C=C1OB(CCCCC(CCCN2CCN(C(=O)c3ccc(Cl)c(Cl)c3)CC2)(N=C(c2ccccc2)c2ccccc2)C(=O)OC(C)(C)C)OC1(C)C. The third-order valence-electron chi connectivity index (χ3n) is 9.74. The molecule has 1 unspecified atom stereocenters. The molecule has 2 heterocycles. The predicted octanol–water partition coefficient (Wildman–Crippen LogP) is 9.15. The van der Waals surface area contributed by atoms with E-state index in [-0.39, 0.29) is 19.0 Å². The van der Waals surface area contributed by atoms with E-state index in [2.05, 4.69) is 11.5 Å². The number of piperazine rings is 1. The van der Waals surface area contributed by atoms with Crippen molar-refractivity contribution in [2.75, 3.05) is 32.7 Å². The van der Waals surface area contributed by atoms with Crippen LogP contribution in [0.3, 0.4) is 0 Å². The standard InChI is InChI=1S/C42H52BCl2N3O5/c1-31-41(5,6)53-43(52-31)24-14-13-22-42(39(50)51-40(2,3)4,46-37(32-16-9-7-10-17-32)33-18-11-8-12-19-33)23-15-25-47-26-28-48(29-27-47)38(49)34-20-21-35(44)36(45)30-34/h7-12,16-21,30H,1,13-15,22-29H2,2-6H3. The van der Waals surface area contributed by atoms with E-state index in [0.29, 0.717) is 66.5 Å². The quantitative estimate of drug-likeness (QED) is 0.0706. The van der Waals surface area contributed by atoms with Gasteiger partial charge in [0, 0.05) is 42.9 Å². The summed E-state index contributed by atoms with van der Waals surface area (Å²) in [6.07, 6.45) is 3.86. The molecule has 3 aromatic rings. The number of halogens is 2. The molecule has 11 heteroatoms. The zero-order valence-corrected chi connectivity index (χ0v) is 33.2. The van der Waals surface area contributed by atoms with Gasteiger partial charge < -0.3 is 18.9 Å². The van der Waals surface area contributed by atoms with Crippen LogP contribution in [0.2, 0.25) is 16.4 Å². The van der Waals surface area contributed by atoms with Crippen molar-refractivity contribution >= 4 is 47.9 Å². The molecule has 2 fully saturated rings. The van der Waals surface area contributed by atoms with Gasteiger partial charge in [0.05, 0.1) is 21.5 Å². The van der Waals surface area contributed by atoms with Gasteiger partial charge in [-0.2, -0.15) is 0 Å². The Morgan fingerprint density at radius 3 is 2.00 bits per heavy atom. The number of hydrogen-bond donors (Lipinski definition) is 0. The topological polar surface area (TPSA) is 80.7 Å². The van der Waals surface area contributed by atoms with Gasteiger partial charge in [0.25, 0.3) is 5.91 Å². The van der Waals surface area contributed by atoms with Gasteiger partial charge in [-0.1, -0.05) is 103 Å². The maximum Gasteiger partial charge on any atom is 0.525 e. The van der Waals surface area contributed by atoms with Crippen molar-refractivity contribution in [3.05, 3.63) is 118 Å². The average Bonchev–Trinajstić information content (AvgIpc) is 3.39. The maximum absolute atomic E-state index is 14.6. The molecule has 0 N–H and O–H groups in total. The summed E-state index contributed by atoms with van der Waals surface area (Å²) >= 11 is 12.3. The summed E-state index contributed by atoms with van der Waals surface area (Å²) < 4.78 is 18.2. The molecule has 53 heavy (non-hydrogen) atoms. The third kappa shape index (κ3) is 11.0. The van der Waals surface area contributed by atoms with Gasteiger partial charge in [0.2, 0.25) is 0 Å². The number of esters is 1. The molecule has 0 aliphatic carbocycles. The fourth-order valence-electron chi connectivity index (χ4n) is 6.71. The van der Waals surface area contributed by atoms with Crippen molar-refractivity contribution in [1.29, 1.82) is 0 Å². The third-order valence-corrected chi connectivity index (χ3v) is 10.5. The number of amides is 1. The maximum atomic E-state index is 14.6. The molecule has 0 aromatic heterocycles. The number of unbranched alkanes of at least 4 members (excludes halogenated alkanes) is 1. The second-order valence-electron chi connectivity index (χ2n) is 15.4. The smallest absolute Gasteiger partial charge is 0.525 e. The highest BCUT2D eigenvalue weighted by atomic mass is 35.5. The molecule has 2 aliphatic rings. The molecule has 0 spiro atoms. The van der Waals surface area contributed by atoms with E-state index in [9.17, 15) is 9.59 Å². The predicted molar refractivity (Wildman–Crippen MR) is 215 cm³/mol. The molecule has 5 rings (SSSR count). The largest absolute Gasteiger partial charge is 0.537 e. The van der Waals surface area contributed by atoms with Crippen LogP contribution in [-0.4, -0.2) is 84.0 Å². The second kappa shape index (κ2) is 17.7. The molecule has 282 valence electrons. The first-order valence-corrected chi connectivity index (χ1v) is 19.4. The highest BCUT2D eigenvalue weighted by Gasteiger charge is 2.43. The Labute approximate surface area is 325 Å². The Hall–Kier alpha value is -3.63. The number of hydrogen-bond acceptors (Lipinski definition) is 7. The molecule has 8 nitrogen and oxygen atoms in total. The first-order chi connectivity index (χ1) is 25.2. The molecule has 0 radical (unpaired) electrons. The lowest BCUT2D eigenvalue weighted by Crippen LogP contribution is -2.49. The molecule has 1 amide bonds. The highest BCUT2D eigenvalue weighted by molar-refractivity contribution is 6.45. The molecular formula is C42H52BCl2N3O5. The Bertz CT molecular complexity index is 1720. The summed E-state index contributed by atoms with van der Waals surface area (Å²) in [7, 11) is -0.372. The van der Waals surface area contributed by atoms with Crippen molar-refractivity contribution in [3.8, 4) is 0 Å². The van der Waals surface area contributed by atoms with E-state index in [1.807, 2.05) is 100 Å². The number of ether oxygens (including phenoxy) is 1. The fourth-order valence-corrected chi connectivity index (χ4v) is 7.01. The van der Waals surface area contributed by atoms with Crippen LogP contribution < -0.4 is 0 Å². The zero-order valence-electron chi connectivity index (χ0n) is 31.7. The van der Waals surface area contributed by atoms with Crippen LogP contribution in [0.1, 0.15) is 88.2 Å². The Kier molecular flexibility index (Phi) is 13.5. The van der Waals surface area contributed by atoms with E-state index >= 15 is 0 Å². The van der Waals surface area contributed by atoms with E-state index in [1.165, 1.54) is 0 Å². The van der Waals surface area contributed by atoms with Gasteiger partial charge in [-0.25, -0.2) is 4.79 Å². The van der Waals surface area contributed by atoms with Crippen molar-refractivity contribution in [3.63, 3.8) is 0 Å². The Morgan fingerprint density at radius 1 is 0.849 bits per heavy atom. The monoisotopic (exact) mass is 759 g/mol. The average molecular weight is 761 g/mol. The summed E-state index contributed by atoms with van der Waals surface area (Å²) in [5.41, 5.74) is 0.766. The summed E-state index contributed by atoms with van der Waals surface area (Å²) in [6.45, 7) is 17.0. The van der Waals surface area contributed by atoms with Crippen molar-refractivity contribution < 1.29 is 23.6 Å². The number of rotatable bonds is 14. The first-order valence-electron chi connectivity index (χ1n) is 18.6. The lowest BCUT2D eigenvalue weighted by molar-refractivity contribution is -0.162. The molecule has 0 bridgehead atoms. The van der Waals surface area contributed by atoms with E-state index < -0.39 is 16.7 Å². The van der Waals surface area contributed by atoms with Gasteiger partial charge in [0.1, 0.15) is 11.2 Å². The van der Waals surface area contributed by atoms with E-state index in [4.69, 9.17) is 42.2 Å². The Balaban J connectivity index is 1.37. The number of carbonyl (C=O) groups excluding carboxylic acids is 2. The van der Waals surface area contributed by atoms with Crippen LogP contribution in [-0.2, 0) is 18.8 Å². The fraction of sp³-hybridized carbons (Fsp3) is 0.452. The van der Waals surface area contributed by atoms with E-state index in [0.717, 1.165) is 42.9 Å². The van der Waals surface area contributed by atoms with Gasteiger partial charge >= 0.3 is 13.1 Å². The number of carbonyl (C=O) groups is 2. The molecule has 1 atom stereocenters. The molecular weight excluding hydrogens is 708 g/mol. The molecule has 2 aliphatic heterocycles. The number of benzene rings is 3. The number of aliphatic imine (C=N–C) groups is 1. The minimum atomic E-state index is -1.15. The number of nitrogens with zero attached hydrogens (tertiary/aromatic N) is 3. The molecule has 0 saturated carbocycles. The van der Waals surface area contributed by atoms with Crippen molar-refractivity contribution in [2.45, 2.75) is 89.8 Å². The lowest BCUT2D eigenvalue weighted by atomic mass is 9.80. The van der Waals surface area contributed by atoms with Gasteiger partial charge in [0.15, 0.2) is 5.54 Å². The first kappa shape index (κ1) is 40.6. The van der Waals surface area contributed by atoms with Gasteiger partial charge in [-0.3, -0.25) is 14.7 Å². The van der Waals surface area contributed by atoms with Crippen molar-refractivity contribution in [2.24, 2.45) is 4.99 Å². The van der Waals surface area contributed by atoms with Crippen LogP contribution in [0.25, 0.3) is 0 Å². The minimum absolute atomic E-state index is 0.0582. The van der Waals surface area contributed by atoms with Crippen LogP contribution in [0.15, 0.2) is 96.2 Å². The van der Waals surface area contributed by atoms with Crippen LogP contribution in [0, 0.1) is 0 Å². The van der Waals surface area contributed by atoms with Crippen LogP contribution >= 0.6 is 23.2 Å². The molecule has 2 saturated heterocycles. The van der Waals surface area contributed by atoms with Crippen LogP contribution in [0.4, 0.5) is 0 Å². The highest BCUT2D eigenvalue weighted by Crippen LogP contribution is 2.35. The zero-order chi connectivity index (χ0) is 38.2. The van der Waals surface area contributed by atoms with Gasteiger partial charge in [-0.15, -0.1) is 0 Å². The summed E-state index contributed by atoms with van der Waals surface area (Å²) in [5.74, 6) is 0.247. The van der Waals surface area contributed by atoms with E-state index in [1.54, 1.807) is 18.2 Å². The van der Waals surface area contributed by atoms with Crippen LogP contribution in [0.5, 0.6) is 0 Å². The molecule has 3 aromatic carbocycles.